The zero-order valence-electron chi connectivity index (χ0n) is 11.6. The summed E-state index contributed by atoms with van der Waals surface area (Å²) < 4.78 is 1.51. The normalized spacial score (nSPS) is 11.9. The highest BCUT2D eigenvalue weighted by Gasteiger charge is 2.14. The van der Waals surface area contributed by atoms with E-state index < -0.39 is 11.9 Å². The molecule has 1 atom stereocenters. The number of carboxylic acid groups (broad SMARTS) is 1. The van der Waals surface area contributed by atoms with Crippen LogP contribution in [-0.2, 0) is 4.79 Å². The first-order chi connectivity index (χ1) is 10.1. The Morgan fingerprint density at radius 1 is 1.33 bits per heavy atom. The fourth-order valence-corrected chi connectivity index (χ4v) is 1.79. The van der Waals surface area contributed by atoms with Gasteiger partial charge in [-0.25, -0.2) is 9.67 Å². The molecule has 1 heterocycles. The maximum absolute atomic E-state index is 11.9. The number of para-hydroxylation sites is 1. The predicted molar refractivity (Wildman–Crippen MR) is 75.1 cm³/mol. The van der Waals surface area contributed by atoms with E-state index in [1.807, 2.05) is 30.3 Å². The van der Waals surface area contributed by atoms with Crippen molar-refractivity contribution < 1.29 is 14.7 Å². The standard InChI is InChI=1S/C14H16N4O3/c1-10(7-12(19)20)8-15-14(21)13-16-9-18(17-13)11-5-3-2-4-6-11/h2-6,9-10H,7-8H2,1H3,(H,15,21)(H,19,20). The Kier molecular flexibility index (Phi) is 4.65. The molecule has 0 fully saturated rings. The minimum absolute atomic E-state index is 0.00612. The first kappa shape index (κ1) is 14.7. The van der Waals surface area contributed by atoms with Gasteiger partial charge in [0.25, 0.3) is 5.91 Å². The van der Waals surface area contributed by atoms with Crippen molar-refractivity contribution in [1.29, 1.82) is 0 Å². The molecule has 2 rings (SSSR count). The third-order valence-electron chi connectivity index (χ3n) is 2.85. The number of aliphatic carboxylic acids is 1. The fourth-order valence-electron chi connectivity index (χ4n) is 1.79. The molecule has 0 aliphatic carbocycles. The molecule has 7 nitrogen and oxygen atoms in total. The van der Waals surface area contributed by atoms with Crippen molar-refractivity contribution in [1.82, 2.24) is 20.1 Å². The van der Waals surface area contributed by atoms with E-state index in [0.29, 0.717) is 0 Å². The van der Waals surface area contributed by atoms with Crippen molar-refractivity contribution >= 4 is 11.9 Å². The molecule has 1 aromatic heterocycles. The second-order valence-electron chi connectivity index (χ2n) is 4.76. The summed E-state index contributed by atoms with van der Waals surface area (Å²) in [4.78, 5) is 26.4. The molecule has 0 bridgehead atoms. The molecule has 0 spiro atoms. The van der Waals surface area contributed by atoms with Gasteiger partial charge >= 0.3 is 5.97 Å². The van der Waals surface area contributed by atoms with Crippen LogP contribution in [-0.4, -0.2) is 38.3 Å². The second kappa shape index (κ2) is 6.65. The molecule has 2 N–H and O–H groups in total. The first-order valence-corrected chi connectivity index (χ1v) is 6.53. The summed E-state index contributed by atoms with van der Waals surface area (Å²) in [6.07, 6.45) is 1.47. The number of nitrogens with one attached hydrogen (secondary N) is 1. The number of hydrogen-bond acceptors (Lipinski definition) is 4. The Bertz CT molecular complexity index is 624. The van der Waals surface area contributed by atoms with Gasteiger partial charge in [-0.3, -0.25) is 9.59 Å². The number of benzene rings is 1. The van der Waals surface area contributed by atoms with Gasteiger partial charge in [0.1, 0.15) is 6.33 Å². The number of hydrogen-bond donors (Lipinski definition) is 2. The van der Waals surface area contributed by atoms with Gasteiger partial charge in [-0.15, -0.1) is 5.10 Å². The predicted octanol–water partition coefficient (Wildman–Crippen LogP) is 1.11. The molecular weight excluding hydrogens is 272 g/mol. The van der Waals surface area contributed by atoms with Crippen LogP contribution in [0.1, 0.15) is 24.0 Å². The average Bonchev–Trinajstić information content (AvgIpc) is 2.95. The molecule has 110 valence electrons. The molecule has 0 aliphatic rings. The Balaban J connectivity index is 1.95. The number of carboxylic acids is 1. The molecule has 1 amide bonds. The van der Waals surface area contributed by atoms with Crippen molar-refractivity contribution in [2.24, 2.45) is 5.92 Å². The van der Waals surface area contributed by atoms with Gasteiger partial charge < -0.3 is 10.4 Å². The quantitative estimate of drug-likeness (QED) is 0.829. The number of carbonyl (C=O) groups is 2. The molecular formula is C14H16N4O3. The molecule has 0 radical (unpaired) electrons. The van der Waals surface area contributed by atoms with Gasteiger partial charge in [-0.05, 0) is 18.1 Å². The zero-order valence-corrected chi connectivity index (χ0v) is 11.6. The molecule has 0 aliphatic heterocycles. The van der Waals surface area contributed by atoms with E-state index in [9.17, 15) is 9.59 Å². The molecule has 0 saturated heterocycles. The Hall–Kier alpha value is -2.70. The monoisotopic (exact) mass is 288 g/mol. The molecule has 1 aromatic carbocycles. The molecule has 1 unspecified atom stereocenters. The first-order valence-electron chi connectivity index (χ1n) is 6.53. The van der Waals surface area contributed by atoms with E-state index in [1.54, 1.807) is 6.92 Å². The molecule has 2 aromatic rings. The lowest BCUT2D eigenvalue weighted by molar-refractivity contribution is -0.137. The number of amides is 1. The van der Waals surface area contributed by atoms with Crippen LogP contribution in [0.4, 0.5) is 0 Å². The van der Waals surface area contributed by atoms with Crippen LogP contribution in [0.25, 0.3) is 5.69 Å². The van der Waals surface area contributed by atoms with E-state index in [0.717, 1.165) is 5.69 Å². The smallest absolute Gasteiger partial charge is 0.303 e. The highest BCUT2D eigenvalue weighted by molar-refractivity contribution is 5.90. The lowest BCUT2D eigenvalue weighted by Crippen LogP contribution is -2.30. The van der Waals surface area contributed by atoms with Crippen molar-refractivity contribution in [3.63, 3.8) is 0 Å². The average molecular weight is 288 g/mol. The van der Waals surface area contributed by atoms with Crippen LogP contribution in [0, 0.1) is 5.92 Å². The van der Waals surface area contributed by atoms with E-state index in [-0.39, 0.29) is 24.7 Å². The summed E-state index contributed by atoms with van der Waals surface area (Å²) >= 11 is 0. The number of carbonyl (C=O) groups excluding carboxylic acids is 1. The highest BCUT2D eigenvalue weighted by atomic mass is 16.4. The van der Waals surface area contributed by atoms with Gasteiger partial charge in [0.2, 0.25) is 5.82 Å². The summed E-state index contributed by atoms with van der Waals surface area (Å²) in [6.45, 7) is 2.02. The highest BCUT2D eigenvalue weighted by Crippen LogP contribution is 2.05. The Morgan fingerprint density at radius 3 is 2.71 bits per heavy atom. The van der Waals surface area contributed by atoms with Crippen molar-refractivity contribution in [2.45, 2.75) is 13.3 Å². The van der Waals surface area contributed by atoms with Crippen LogP contribution < -0.4 is 5.32 Å². The van der Waals surface area contributed by atoms with Crippen LogP contribution in [0.3, 0.4) is 0 Å². The topological polar surface area (TPSA) is 97.1 Å². The van der Waals surface area contributed by atoms with Gasteiger partial charge in [0.15, 0.2) is 0 Å². The summed E-state index contributed by atoms with van der Waals surface area (Å²) in [5.74, 6) is -1.39. The summed E-state index contributed by atoms with van der Waals surface area (Å²) in [5.41, 5.74) is 0.809. The van der Waals surface area contributed by atoms with E-state index in [4.69, 9.17) is 5.11 Å². The largest absolute Gasteiger partial charge is 0.481 e. The van der Waals surface area contributed by atoms with Gasteiger partial charge in [-0.1, -0.05) is 25.1 Å². The third kappa shape index (κ3) is 4.13. The zero-order chi connectivity index (χ0) is 15.2. The second-order valence-corrected chi connectivity index (χ2v) is 4.76. The van der Waals surface area contributed by atoms with Crippen molar-refractivity contribution in [2.75, 3.05) is 6.54 Å². The number of rotatable bonds is 6. The van der Waals surface area contributed by atoms with Crippen molar-refractivity contribution in [3.05, 3.63) is 42.5 Å². The third-order valence-corrected chi connectivity index (χ3v) is 2.85. The lowest BCUT2D eigenvalue weighted by Gasteiger charge is -2.08. The minimum Gasteiger partial charge on any atom is -0.481 e. The molecule has 7 heteroatoms. The van der Waals surface area contributed by atoms with Gasteiger partial charge in [0.05, 0.1) is 5.69 Å². The van der Waals surface area contributed by atoms with Crippen LogP contribution in [0.2, 0.25) is 0 Å². The van der Waals surface area contributed by atoms with E-state index >= 15 is 0 Å². The maximum atomic E-state index is 11.9. The summed E-state index contributed by atoms with van der Waals surface area (Å²) in [5, 5.41) is 15.4. The SMILES string of the molecule is CC(CNC(=O)c1ncn(-c2ccccc2)n1)CC(=O)O. The molecule has 21 heavy (non-hydrogen) atoms. The van der Waals surface area contributed by atoms with Crippen molar-refractivity contribution in [3.8, 4) is 5.69 Å². The Labute approximate surface area is 121 Å². The summed E-state index contributed by atoms with van der Waals surface area (Å²) in [6, 6.07) is 9.32. The van der Waals surface area contributed by atoms with Crippen LogP contribution in [0.15, 0.2) is 36.7 Å². The van der Waals surface area contributed by atoms with Crippen LogP contribution >= 0.6 is 0 Å². The number of aromatic nitrogens is 3. The molecule has 0 saturated carbocycles. The van der Waals surface area contributed by atoms with Gasteiger partial charge in [-0.2, -0.15) is 0 Å². The lowest BCUT2D eigenvalue weighted by atomic mass is 10.1. The summed E-state index contributed by atoms with van der Waals surface area (Å²) in [7, 11) is 0. The fraction of sp³-hybridized carbons (Fsp3) is 0.286. The maximum Gasteiger partial charge on any atom is 0.303 e. The van der Waals surface area contributed by atoms with E-state index in [2.05, 4.69) is 15.4 Å². The van der Waals surface area contributed by atoms with Gasteiger partial charge in [0, 0.05) is 13.0 Å². The minimum atomic E-state index is -0.886. The van der Waals surface area contributed by atoms with Crippen LogP contribution in [0.5, 0.6) is 0 Å². The number of nitrogens with zero attached hydrogens (tertiary/aromatic N) is 3. The van der Waals surface area contributed by atoms with E-state index in [1.165, 1.54) is 11.0 Å². The Morgan fingerprint density at radius 2 is 2.05 bits per heavy atom.